The lowest BCUT2D eigenvalue weighted by molar-refractivity contribution is 0.0743. The molecule has 0 atom stereocenters. The summed E-state index contributed by atoms with van der Waals surface area (Å²) in [7, 11) is 1.67. The Morgan fingerprint density at radius 2 is 1.88 bits per heavy atom. The van der Waals surface area contributed by atoms with Gasteiger partial charge in [-0.15, -0.1) is 11.3 Å². The van der Waals surface area contributed by atoms with Gasteiger partial charge < -0.3 is 9.47 Å². The molecule has 4 rings (SSSR count). The summed E-state index contributed by atoms with van der Waals surface area (Å²) >= 11 is 3.12. The summed E-state index contributed by atoms with van der Waals surface area (Å²) in [5.41, 5.74) is 2.63. The molecule has 0 N–H and O–H groups in total. The molecular formula is C25H27N3O3S2. The van der Waals surface area contributed by atoms with Crippen molar-refractivity contribution in [3.8, 4) is 16.3 Å². The second-order valence-electron chi connectivity index (χ2n) is 7.77. The number of para-hydroxylation sites is 2. The molecule has 0 saturated carbocycles. The lowest BCUT2D eigenvalue weighted by Crippen LogP contribution is -2.24. The molecule has 0 saturated heterocycles. The minimum absolute atomic E-state index is 0.0133. The fourth-order valence-electron chi connectivity index (χ4n) is 3.45. The largest absolute Gasteiger partial charge is 0.496 e. The number of fused-ring (bicyclic) bond motifs is 1. The molecule has 0 spiro atoms. The van der Waals surface area contributed by atoms with Gasteiger partial charge in [0.05, 0.1) is 35.4 Å². The summed E-state index contributed by atoms with van der Waals surface area (Å²) in [5, 5.41) is 4.31. The SMILES string of the molecule is COc1ccccc1-c1nc(CSc2nc3ccccc3c(=O)n2CCCOC(C)C)cs1. The Morgan fingerprint density at radius 1 is 1.09 bits per heavy atom. The third-order valence-electron chi connectivity index (χ3n) is 5.04. The average molecular weight is 482 g/mol. The van der Waals surface area contributed by atoms with E-state index in [9.17, 15) is 4.79 Å². The maximum absolute atomic E-state index is 13.2. The van der Waals surface area contributed by atoms with Gasteiger partial charge >= 0.3 is 0 Å². The van der Waals surface area contributed by atoms with E-state index in [0.717, 1.165) is 28.4 Å². The molecule has 2 aromatic carbocycles. The lowest BCUT2D eigenvalue weighted by atomic mass is 10.2. The molecule has 0 bridgehead atoms. The van der Waals surface area contributed by atoms with Crippen molar-refractivity contribution in [1.29, 1.82) is 0 Å². The molecule has 33 heavy (non-hydrogen) atoms. The highest BCUT2D eigenvalue weighted by Gasteiger charge is 2.14. The van der Waals surface area contributed by atoms with E-state index in [2.05, 4.69) is 5.38 Å². The van der Waals surface area contributed by atoms with Gasteiger partial charge in [0.1, 0.15) is 10.8 Å². The Labute approximate surface area is 201 Å². The first kappa shape index (κ1) is 23.5. The van der Waals surface area contributed by atoms with Gasteiger partial charge in [-0.25, -0.2) is 9.97 Å². The van der Waals surface area contributed by atoms with E-state index in [-0.39, 0.29) is 11.7 Å². The maximum Gasteiger partial charge on any atom is 0.262 e. The van der Waals surface area contributed by atoms with Crippen molar-refractivity contribution in [3.63, 3.8) is 0 Å². The van der Waals surface area contributed by atoms with E-state index in [1.165, 1.54) is 11.8 Å². The van der Waals surface area contributed by atoms with Gasteiger partial charge in [0.2, 0.25) is 0 Å². The van der Waals surface area contributed by atoms with Crippen LogP contribution in [0.15, 0.2) is 63.9 Å². The van der Waals surface area contributed by atoms with Gasteiger partial charge in [-0.1, -0.05) is 36.0 Å². The summed E-state index contributed by atoms with van der Waals surface area (Å²) in [6.45, 7) is 5.20. The van der Waals surface area contributed by atoms with Crippen LogP contribution in [0.3, 0.4) is 0 Å². The molecule has 6 nitrogen and oxygen atoms in total. The highest BCUT2D eigenvalue weighted by molar-refractivity contribution is 7.98. The Kier molecular flexibility index (Phi) is 7.80. The minimum atomic E-state index is -0.0133. The standard InChI is InChI=1S/C25H27N3O3S2/c1-17(2)31-14-8-13-28-24(29)19-9-4-6-11-21(19)27-25(28)33-16-18-15-32-23(26-18)20-10-5-7-12-22(20)30-3/h4-7,9-12,15,17H,8,13-14,16H2,1-3H3. The van der Waals surface area contributed by atoms with E-state index in [0.29, 0.717) is 35.0 Å². The van der Waals surface area contributed by atoms with Crippen LogP contribution in [0.4, 0.5) is 0 Å². The van der Waals surface area contributed by atoms with Crippen LogP contribution in [0.2, 0.25) is 0 Å². The third kappa shape index (κ3) is 5.63. The third-order valence-corrected chi connectivity index (χ3v) is 6.98. The van der Waals surface area contributed by atoms with Crippen LogP contribution in [-0.2, 0) is 17.0 Å². The van der Waals surface area contributed by atoms with Crippen LogP contribution >= 0.6 is 23.1 Å². The molecule has 0 aliphatic heterocycles. The number of rotatable bonds is 10. The van der Waals surface area contributed by atoms with E-state index < -0.39 is 0 Å². The normalized spacial score (nSPS) is 11.4. The number of nitrogens with zero attached hydrogens (tertiary/aromatic N) is 3. The van der Waals surface area contributed by atoms with Gasteiger partial charge in [-0.05, 0) is 44.5 Å². The van der Waals surface area contributed by atoms with E-state index in [1.54, 1.807) is 23.0 Å². The van der Waals surface area contributed by atoms with Crippen molar-refractivity contribution in [2.75, 3.05) is 13.7 Å². The fraction of sp³-hybridized carbons (Fsp3) is 0.320. The predicted octanol–water partition coefficient (Wildman–Crippen LogP) is 5.64. The summed E-state index contributed by atoms with van der Waals surface area (Å²) in [5.74, 6) is 1.43. The molecule has 172 valence electrons. The minimum Gasteiger partial charge on any atom is -0.496 e. The number of thiazole rings is 1. The van der Waals surface area contributed by atoms with E-state index >= 15 is 0 Å². The number of benzene rings is 2. The summed E-state index contributed by atoms with van der Waals surface area (Å²) in [4.78, 5) is 22.8. The van der Waals surface area contributed by atoms with Gasteiger partial charge in [-0.2, -0.15) is 0 Å². The number of hydrogen-bond acceptors (Lipinski definition) is 7. The zero-order chi connectivity index (χ0) is 23.2. The highest BCUT2D eigenvalue weighted by atomic mass is 32.2. The topological polar surface area (TPSA) is 66.2 Å². The highest BCUT2D eigenvalue weighted by Crippen LogP contribution is 2.33. The Morgan fingerprint density at radius 3 is 2.70 bits per heavy atom. The molecule has 0 fully saturated rings. The number of ether oxygens (including phenoxy) is 2. The molecule has 0 aliphatic rings. The van der Waals surface area contributed by atoms with E-state index in [4.69, 9.17) is 19.4 Å². The first-order valence-electron chi connectivity index (χ1n) is 10.9. The van der Waals surface area contributed by atoms with Crippen LogP contribution in [0.1, 0.15) is 26.0 Å². The predicted molar refractivity (Wildman–Crippen MR) is 135 cm³/mol. The van der Waals surface area contributed by atoms with Gasteiger partial charge in [0.15, 0.2) is 5.16 Å². The van der Waals surface area contributed by atoms with Crippen molar-refractivity contribution < 1.29 is 9.47 Å². The first-order valence-corrected chi connectivity index (χ1v) is 12.7. The number of thioether (sulfide) groups is 1. The Hall–Kier alpha value is -2.68. The smallest absolute Gasteiger partial charge is 0.262 e. The van der Waals surface area contributed by atoms with Gasteiger partial charge in [-0.3, -0.25) is 9.36 Å². The second-order valence-corrected chi connectivity index (χ2v) is 9.57. The molecule has 0 amide bonds. The summed E-state index contributed by atoms with van der Waals surface area (Å²) in [6.07, 6.45) is 0.924. The number of hydrogen-bond donors (Lipinski definition) is 0. The average Bonchev–Trinajstić information content (AvgIpc) is 3.30. The molecule has 0 aliphatic carbocycles. The zero-order valence-electron chi connectivity index (χ0n) is 19.0. The number of aromatic nitrogens is 3. The van der Waals surface area contributed by atoms with Crippen LogP contribution in [0.5, 0.6) is 5.75 Å². The van der Waals surface area contributed by atoms with Crippen molar-refractivity contribution in [2.24, 2.45) is 0 Å². The van der Waals surface area contributed by atoms with Crippen LogP contribution in [-0.4, -0.2) is 34.4 Å². The molecule has 2 aromatic heterocycles. The van der Waals surface area contributed by atoms with Crippen LogP contribution in [0.25, 0.3) is 21.5 Å². The van der Waals surface area contributed by atoms with Gasteiger partial charge in [0.25, 0.3) is 5.56 Å². The molecule has 0 unspecified atom stereocenters. The molecule has 0 radical (unpaired) electrons. The Bertz CT molecular complexity index is 1280. The summed E-state index contributed by atoms with van der Waals surface area (Å²) < 4.78 is 12.9. The van der Waals surface area contributed by atoms with Crippen LogP contribution < -0.4 is 10.3 Å². The fourth-order valence-corrected chi connectivity index (χ4v) is 5.33. The van der Waals surface area contributed by atoms with Crippen molar-refractivity contribution in [1.82, 2.24) is 14.5 Å². The first-order chi connectivity index (χ1) is 16.1. The summed E-state index contributed by atoms with van der Waals surface area (Å²) in [6, 6.07) is 15.4. The Balaban J connectivity index is 1.56. The lowest BCUT2D eigenvalue weighted by Gasteiger charge is -2.13. The zero-order valence-corrected chi connectivity index (χ0v) is 20.6. The molecule has 8 heteroatoms. The number of methoxy groups -OCH3 is 1. The monoisotopic (exact) mass is 481 g/mol. The maximum atomic E-state index is 13.2. The van der Waals surface area contributed by atoms with E-state index in [1.807, 2.05) is 62.4 Å². The molecule has 2 heterocycles. The second kappa shape index (κ2) is 11.0. The van der Waals surface area contributed by atoms with Crippen LogP contribution in [0, 0.1) is 0 Å². The molecular weight excluding hydrogens is 454 g/mol. The van der Waals surface area contributed by atoms with Gasteiger partial charge in [0, 0.05) is 24.3 Å². The quantitative estimate of drug-likeness (QED) is 0.166. The molecule has 4 aromatic rings. The van der Waals surface area contributed by atoms with Crippen molar-refractivity contribution >= 4 is 34.0 Å². The van der Waals surface area contributed by atoms with Crippen molar-refractivity contribution in [2.45, 2.75) is 43.8 Å². The van der Waals surface area contributed by atoms with Crippen molar-refractivity contribution in [3.05, 3.63) is 70.0 Å².